The van der Waals surface area contributed by atoms with Crippen LogP contribution < -0.4 is 0 Å². The van der Waals surface area contributed by atoms with Crippen molar-refractivity contribution < 1.29 is 14.6 Å². The molecule has 3 heteroatoms. The van der Waals surface area contributed by atoms with E-state index in [1.54, 1.807) is 0 Å². The van der Waals surface area contributed by atoms with Gasteiger partial charge in [-0.1, -0.05) is 13.3 Å². The fourth-order valence-electron chi connectivity index (χ4n) is 0.984. The lowest BCUT2D eigenvalue weighted by Crippen LogP contribution is -2.05. The molecule has 0 bridgehead atoms. The molecule has 1 rings (SSSR count). The molecule has 0 aliphatic carbocycles. The van der Waals surface area contributed by atoms with Crippen LogP contribution in [-0.2, 0) is 9.84 Å². The molecule has 0 amide bonds. The highest BCUT2D eigenvalue weighted by Gasteiger charge is 2.05. The van der Waals surface area contributed by atoms with Crippen LogP contribution in [0.3, 0.4) is 0 Å². The van der Waals surface area contributed by atoms with Crippen LogP contribution in [0, 0.1) is 0 Å². The number of benzene rings is 1. The minimum Gasteiger partial charge on any atom is -0.462 e. The van der Waals surface area contributed by atoms with Gasteiger partial charge >= 0.3 is 5.97 Å². The van der Waals surface area contributed by atoms with Crippen molar-refractivity contribution in [2.75, 3.05) is 6.61 Å². The second kappa shape index (κ2) is 5.27. The van der Waals surface area contributed by atoms with Crippen LogP contribution in [-0.4, -0.2) is 12.6 Å². The van der Waals surface area contributed by atoms with Gasteiger partial charge in [0.15, 0.2) is 5.75 Å². The summed E-state index contributed by atoms with van der Waals surface area (Å²) in [6.07, 6.45) is 1.86. The first kappa shape index (κ1) is 10.6. The van der Waals surface area contributed by atoms with Crippen LogP contribution in [0.1, 0.15) is 30.1 Å². The van der Waals surface area contributed by atoms with Crippen LogP contribution in [0.2, 0.25) is 0 Å². The highest BCUT2D eigenvalue weighted by atomic mass is 16.5. The Balaban J connectivity index is 2.48. The molecule has 0 atom stereocenters. The Labute approximate surface area is 83.3 Å². The molecular weight excluding hydrogens is 180 g/mol. The smallest absolute Gasteiger partial charge is 0.338 e. The van der Waals surface area contributed by atoms with Crippen molar-refractivity contribution in [3.05, 3.63) is 29.8 Å². The Kier molecular flexibility index (Phi) is 3.98. The zero-order valence-electron chi connectivity index (χ0n) is 8.16. The van der Waals surface area contributed by atoms with Gasteiger partial charge in [-0.25, -0.2) is 4.79 Å². The topological polar surface area (TPSA) is 46.2 Å². The van der Waals surface area contributed by atoms with E-state index >= 15 is 0 Å². The lowest BCUT2D eigenvalue weighted by atomic mass is 10.2. The summed E-state index contributed by atoms with van der Waals surface area (Å²) in [5.74, 6) is -0.464. The van der Waals surface area contributed by atoms with E-state index in [9.17, 15) is 9.90 Å². The molecule has 0 saturated heterocycles. The zero-order chi connectivity index (χ0) is 10.4. The van der Waals surface area contributed by atoms with Crippen LogP contribution in [0.25, 0.3) is 0 Å². The molecule has 0 aliphatic rings. The lowest BCUT2D eigenvalue weighted by Gasteiger charge is -2.02. The number of unbranched alkanes of at least 4 members (excludes halogenated alkanes) is 1. The SMILES string of the molecule is CCCCOC(=O)c1ccc([O])cc1. The van der Waals surface area contributed by atoms with E-state index in [2.05, 4.69) is 0 Å². The Bertz CT molecular complexity index is 290. The summed E-state index contributed by atoms with van der Waals surface area (Å²) in [5, 5.41) is 10.8. The summed E-state index contributed by atoms with van der Waals surface area (Å²) in [7, 11) is 0. The molecule has 0 heterocycles. The van der Waals surface area contributed by atoms with E-state index < -0.39 is 0 Å². The third-order valence-corrected chi connectivity index (χ3v) is 1.82. The van der Waals surface area contributed by atoms with Crippen molar-refractivity contribution in [1.29, 1.82) is 0 Å². The van der Waals surface area contributed by atoms with Crippen LogP contribution in [0.5, 0.6) is 5.75 Å². The van der Waals surface area contributed by atoms with E-state index in [1.807, 2.05) is 6.92 Å². The standard InChI is InChI=1S/C11H13O3/c1-2-3-8-14-11(13)9-4-6-10(12)7-5-9/h4-7H,2-3,8H2,1H3. The average molecular weight is 193 g/mol. The van der Waals surface area contributed by atoms with Crippen molar-refractivity contribution in [1.82, 2.24) is 0 Å². The number of carbonyl (C=O) groups is 1. The fourth-order valence-corrected chi connectivity index (χ4v) is 0.984. The molecule has 0 aromatic heterocycles. The maximum atomic E-state index is 11.3. The van der Waals surface area contributed by atoms with E-state index in [0.29, 0.717) is 12.2 Å². The monoisotopic (exact) mass is 193 g/mol. The molecule has 3 nitrogen and oxygen atoms in total. The van der Waals surface area contributed by atoms with Crippen molar-refractivity contribution in [2.45, 2.75) is 19.8 Å². The number of ether oxygens (including phenoxy) is 1. The molecular formula is C11H13O3. The maximum Gasteiger partial charge on any atom is 0.338 e. The van der Waals surface area contributed by atoms with Crippen molar-refractivity contribution in [3.8, 4) is 5.75 Å². The van der Waals surface area contributed by atoms with Gasteiger partial charge in [0.2, 0.25) is 0 Å². The van der Waals surface area contributed by atoms with Crippen molar-refractivity contribution in [3.63, 3.8) is 0 Å². The van der Waals surface area contributed by atoms with Gasteiger partial charge in [0.25, 0.3) is 0 Å². The van der Waals surface area contributed by atoms with Gasteiger partial charge in [-0.3, -0.25) is 5.11 Å². The van der Waals surface area contributed by atoms with Gasteiger partial charge in [-0.05, 0) is 30.7 Å². The summed E-state index contributed by atoms with van der Waals surface area (Å²) >= 11 is 0. The highest BCUT2D eigenvalue weighted by molar-refractivity contribution is 5.89. The predicted octanol–water partition coefficient (Wildman–Crippen LogP) is 2.79. The average Bonchev–Trinajstić information content (AvgIpc) is 2.19. The fraction of sp³-hybridized carbons (Fsp3) is 0.364. The van der Waals surface area contributed by atoms with Gasteiger partial charge in [0, 0.05) is 0 Å². The Hall–Kier alpha value is -1.51. The van der Waals surface area contributed by atoms with Gasteiger partial charge in [0.1, 0.15) is 0 Å². The quantitative estimate of drug-likeness (QED) is 0.545. The summed E-state index contributed by atoms with van der Waals surface area (Å²) in [5.41, 5.74) is 0.431. The van der Waals surface area contributed by atoms with Crippen LogP contribution in [0.15, 0.2) is 24.3 Å². The summed E-state index contributed by atoms with van der Waals surface area (Å²) in [6.45, 7) is 2.47. The normalized spacial score (nSPS) is 9.79. The number of hydrogen-bond donors (Lipinski definition) is 0. The van der Waals surface area contributed by atoms with Crippen LogP contribution >= 0.6 is 0 Å². The highest BCUT2D eigenvalue weighted by Crippen LogP contribution is 2.11. The van der Waals surface area contributed by atoms with Gasteiger partial charge in [0.05, 0.1) is 12.2 Å². The minimum absolute atomic E-state index is 0.102. The predicted molar refractivity (Wildman–Crippen MR) is 51.8 cm³/mol. The van der Waals surface area contributed by atoms with Crippen LogP contribution in [0.4, 0.5) is 0 Å². The van der Waals surface area contributed by atoms with E-state index in [0.717, 1.165) is 12.8 Å². The Morgan fingerprint density at radius 2 is 1.93 bits per heavy atom. The van der Waals surface area contributed by atoms with Gasteiger partial charge < -0.3 is 4.74 Å². The molecule has 0 N–H and O–H groups in total. The summed E-state index contributed by atoms with van der Waals surface area (Å²) in [4.78, 5) is 11.3. The molecule has 14 heavy (non-hydrogen) atoms. The maximum absolute atomic E-state index is 11.3. The summed E-state index contributed by atoms with van der Waals surface area (Å²) < 4.78 is 4.97. The first-order valence-electron chi connectivity index (χ1n) is 4.68. The minimum atomic E-state index is -0.363. The van der Waals surface area contributed by atoms with E-state index in [1.165, 1.54) is 24.3 Å². The number of hydrogen-bond acceptors (Lipinski definition) is 2. The molecule has 1 radical (unpaired) electrons. The Morgan fingerprint density at radius 1 is 1.29 bits per heavy atom. The number of esters is 1. The first-order valence-corrected chi connectivity index (χ1v) is 4.68. The van der Waals surface area contributed by atoms with Gasteiger partial charge in [-0.15, -0.1) is 0 Å². The van der Waals surface area contributed by atoms with Crippen molar-refractivity contribution in [2.24, 2.45) is 0 Å². The molecule has 0 spiro atoms. The molecule has 0 unspecified atom stereocenters. The lowest BCUT2D eigenvalue weighted by molar-refractivity contribution is 0.0500. The molecule has 1 aromatic carbocycles. The number of rotatable bonds is 4. The van der Waals surface area contributed by atoms with Gasteiger partial charge in [-0.2, -0.15) is 0 Å². The zero-order valence-corrected chi connectivity index (χ0v) is 8.16. The molecule has 0 saturated carbocycles. The molecule has 0 aliphatic heterocycles. The Morgan fingerprint density at radius 3 is 2.50 bits per heavy atom. The third-order valence-electron chi connectivity index (χ3n) is 1.82. The van der Waals surface area contributed by atoms with Crippen molar-refractivity contribution >= 4 is 5.97 Å². The largest absolute Gasteiger partial charge is 0.462 e. The van der Waals surface area contributed by atoms with E-state index in [-0.39, 0.29) is 11.7 Å². The second-order valence-electron chi connectivity index (χ2n) is 3.01. The number of carbonyl (C=O) groups excluding carboxylic acids is 1. The molecule has 1 aromatic rings. The van der Waals surface area contributed by atoms with E-state index in [4.69, 9.17) is 4.74 Å². The molecule has 0 fully saturated rings. The molecule has 75 valence electrons. The first-order chi connectivity index (χ1) is 6.74. The third kappa shape index (κ3) is 3.09. The second-order valence-corrected chi connectivity index (χ2v) is 3.01. The summed E-state index contributed by atoms with van der Waals surface area (Å²) in [6, 6.07) is 5.68.